The molecular formula is C21H22N8. The third kappa shape index (κ3) is 3.16. The van der Waals surface area contributed by atoms with E-state index in [1.54, 1.807) is 17.2 Å². The minimum atomic E-state index is 0.784. The van der Waals surface area contributed by atoms with Crippen LogP contribution in [0.5, 0.6) is 0 Å². The first-order valence-corrected chi connectivity index (χ1v) is 9.75. The quantitative estimate of drug-likeness (QED) is 0.535. The van der Waals surface area contributed by atoms with Crippen molar-refractivity contribution in [1.29, 1.82) is 0 Å². The van der Waals surface area contributed by atoms with Crippen molar-refractivity contribution < 1.29 is 0 Å². The molecule has 29 heavy (non-hydrogen) atoms. The fourth-order valence-electron chi connectivity index (χ4n) is 3.80. The topological polar surface area (TPSA) is 75.3 Å². The van der Waals surface area contributed by atoms with Gasteiger partial charge in [0.05, 0.1) is 11.4 Å². The molecule has 1 aromatic carbocycles. The first kappa shape index (κ1) is 17.5. The van der Waals surface area contributed by atoms with Gasteiger partial charge in [0.15, 0.2) is 0 Å². The second-order valence-corrected chi connectivity index (χ2v) is 7.26. The summed E-state index contributed by atoms with van der Waals surface area (Å²) in [5, 5.41) is 13.1. The second kappa shape index (κ2) is 7.12. The maximum Gasteiger partial charge on any atom is 0.200 e. The van der Waals surface area contributed by atoms with Crippen molar-refractivity contribution in [2.45, 2.75) is 13.8 Å². The molecule has 1 fully saturated rings. The van der Waals surface area contributed by atoms with Gasteiger partial charge in [-0.05, 0) is 19.9 Å². The minimum Gasteiger partial charge on any atom is -0.365 e. The molecule has 8 heteroatoms. The largest absolute Gasteiger partial charge is 0.365 e. The van der Waals surface area contributed by atoms with Gasteiger partial charge in [0, 0.05) is 43.0 Å². The van der Waals surface area contributed by atoms with Crippen molar-refractivity contribution in [3.63, 3.8) is 0 Å². The lowest BCUT2D eigenvalue weighted by Crippen LogP contribution is -2.47. The van der Waals surface area contributed by atoms with Crippen molar-refractivity contribution in [3.05, 3.63) is 60.3 Å². The number of benzene rings is 1. The summed E-state index contributed by atoms with van der Waals surface area (Å²) < 4.78 is 1.77. The van der Waals surface area contributed by atoms with Gasteiger partial charge in [0.2, 0.25) is 5.65 Å². The van der Waals surface area contributed by atoms with Gasteiger partial charge >= 0.3 is 0 Å². The van der Waals surface area contributed by atoms with Crippen LogP contribution >= 0.6 is 0 Å². The summed E-state index contributed by atoms with van der Waals surface area (Å²) in [6.45, 7) is 7.65. The Kier molecular flexibility index (Phi) is 4.31. The van der Waals surface area contributed by atoms with E-state index in [1.807, 2.05) is 25.1 Å². The molecule has 0 bridgehead atoms. The molecule has 0 spiro atoms. The Morgan fingerprint density at radius 1 is 0.897 bits per heavy atom. The molecule has 4 aromatic rings. The molecule has 0 radical (unpaired) electrons. The van der Waals surface area contributed by atoms with Crippen LogP contribution in [-0.2, 0) is 0 Å². The van der Waals surface area contributed by atoms with Crippen LogP contribution in [0.15, 0.2) is 49.1 Å². The van der Waals surface area contributed by atoms with E-state index in [9.17, 15) is 0 Å². The maximum absolute atomic E-state index is 4.68. The van der Waals surface area contributed by atoms with Crippen LogP contribution in [0.25, 0.3) is 16.9 Å². The van der Waals surface area contributed by atoms with Gasteiger partial charge < -0.3 is 9.80 Å². The number of anilines is 2. The van der Waals surface area contributed by atoms with Crippen LogP contribution in [0.2, 0.25) is 0 Å². The van der Waals surface area contributed by atoms with Crippen molar-refractivity contribution in [2.24, 2.45) is 0 Å². The summed E-state index contributed by atoms with van der Waals surface area (Å²) in [4.78, 5) is 13.5. The normalized spacial score (nSPS) is 14.6. The molecule has 1 saturated heterocycles. The van der Waals surface area contributed by atoms with Gasteiger partial charge in [-0.25, -0.2) is 9.97 Å². The molecule has 0 saturated carbocycles. The van der Waals surface area contributed by atoms with Crippen LogP contribution in [0.3, 0.4) is 0 Å². The molecular weight excluding hydrogens is 364 g/mol. The zero-order valence-corrected chi connectivity index (χ0v) is 16.5. The number of hydrogen-bond acceptors (Lipinski definition) is 7. The lowest BCUT2D eigenvalue weighted by molar-refractivity contribution is 0.644. The Morgan fingerprint density at radius 3 is 2.45 bits per heavy atom. The zero-order valence-electron chi connectivity index (χ0n) is 16.5. The average Bonchev–Trinajstić information content (AvgIpc) is 3.25. The van der Waals surface area contributed by atoms with Gasteiger partial charge in [-0.3, -0.25) is 0 Å². The van der Waals surface area contributed by atoms with Gasteiger partial charge in [0.25, 0.3) is 0 Å². The van der Waals surface area contributed by atoms with E-state index in [1.165, 1.54) is 0 Å². The standard InChI is InChI=1S/C21H22N8/c1-15-16(2)22-13-23-20(15)28-10-8-27(9-11-28)19-12-18(17-6-4-3-5-7-17)26-29-14-24-25-21(19)29/h3-7,12-14H,8-11H2,1-2H3. The molecule has 1 aliphatic rings. The van der Waals surface area contributed by atoms with Crippen molar-refractivity contribution in [2.75, 3.05) is 36.0 Å². The first-order chi connectivity index (χ1) is 14.2. The van der Waals surface area contributed by atoms with E-state index in [0.717, 1.165) is 65.8 Å². The fourth-order valence-corrected chi connectivity index (χ4v) is 3.80. The van der Waals surface area contributed by atoms with E-state index < -0.39 is 0 Å². The van der Waals surface area contributed by atoms with Crippen LogP contribution in [0, 0.1) is 13.8 Å². The number of aromatic nitrogens is 6. The summed E-state index contributed by atoms with van der Waals surface area (Å²) in [6.07, 6.45) is 3.31. The highest BCUT2D eigenvalue weighted by atomic mass is 15.4. The molecule has 5 rings (SSSR count). The van der Waals surface area contributed by atoms with Crippen molar-refractivity contribution in [1.82, 2.24) is 29.8 Å². The average molecular weight is 386 g/mol. The first-order valence-electron chi connectivity index (χ1n) is 9.75. The molecule has 3 aromatic heterocycles. The Hall–Kier alpha value is -3.55. The fraction of sp³-hybridized carbons (Fsp3) is 0.286. The van der Waals surface area contributed by atoms with E-state index >= 15 is 0 Å². The molecule has 0 unspecified atom stereocenters. The van der Waals surface area contributed by atoms with Crippen molar-refractivity contribution in [3.8, 4) is 11.3 Å². The summed E-state index contributed by atoms with van der Waals surface area (Å²) in [5.41, 5.74) is 6.02. The van der Waals surface area contributed by atoms with Crippen LogP contribution in [0.1, 0.15) is 11.3 Å². The van der Waals surface area contributed by atoms with E-state index in [-0.39, 0.29) is 0 Å². The summed E-state index contributed by atoms with van der Waals surface area (Å²) in [7, 11) is 0. The number of aryl methyl sites for hydroxylation is 1. The molecule has 0 aliphatic carbocycles. The van der Waals surface area contributed by atoms with Gasteiger partial charge in [0.1, 0.15) is 18.5 Å². The summed E-state index contributed by atoms with van der Waals surface area (Å²) >= 11 is 0. The number of nitrogens with zero attached hydrogens (tertiary/aromatic N) is 8. The number of hydrogen-bond donors (Lipinski definition) is 0. The molecule has 0 atom stereocenters. The van der Waals surface area contributed by atoms with Gasteiger partial charge in [-0.15, -0.1) is 10.2 Å². The molecule has 146 valence electrons. The van der Waals surface area contributed by atoms with E-state index in [4.69, 9.17) is 0 Å². The Labute approximate surface area is 168 Å². The van der Waals surface area contributed by atoms with E-state index in [2.05, 4.69) is 60.2 Å². The SMILES string of the molecule is Cc1ncnc(N2CCN(c3cc(-c4ccccc4)nn4cnnc34)CC2)c1C. The van der Waals surface area contributed by atoms with E-state index in [0.29, 0.717) is 0 Å². The van der Waals surface area contributed by atoms with Crippen molar-refractivity contribution >= 4 is 17.2 Å². The minimum absolute atomic E-state index is 0.784. The number of fused-ring (bicyclic) bond motifs is 1. The molecule has 0 amide bonds. The predicted molar refractivity (Wildman–Crippen MR) is 112 cm³/mol. The van der Waals surface area contributed by atoms with Gasteiger partial charge in [-0.2, -0.15) is 9.61 Å². The summed E-state index contributed by atoms with van der Waals surface area (Å²) in [6, 6.07) is 12.3. The highest BCUT2D eigenvalue weighted by molar-refractivity contribution is 5.74. The zero-order chi connectivity index (χ0) is 19.8. The Balaban J connectivity index is 1.45. The van der Waals surface area contributed by atoms with Crippen LogP contribution < -0.4 is 9.80 Å². The van der Waals surface area contributed by atoms with Gasteiger partial charge in [-0.1, -0.05) is 30.3 Å². The third-order valence-electron chi connectivity index (χ3n) is 5.55. The van der Waals surface area contributed by atoms with Crippen LogP contribution in [0.4, 0.5) is 11.5 Å². The Morgan fingerprint density at radius 2 is 1.66 bits per heavy atom. The number of piperazine rings is 1. The number of rotatable bonds is 3. The lowest BCUT2D eigenvalue weighted by Gasteiger charge is -2.37. The lowest BCUT2D eigenvalue weighted by atomic mass is 10.1. The Bertz CT molecular complexity index is 1150. The highest BCUT2D eigenvalue weighted by Gasteiger charge is 2.23. The summed E-state index contributed by atoms with van der Waals surface area (Å²) in [5.74, 6) is 1.03. The molecule has 1 aliphatic heterocycles. The third-order valence-corrected chi connectivity index (χ3v) is 5.55. The molecule has 8 nitrogen and oxygen atoms in total. The highest BCUT2D eigenvalue weighted by Crippen LogP contribution is 2.28. The smallest absolute Gasteiger partial charge is 0.200 e. The molecule has 0 N–H and O–H groups in total. The molecule has 4 heterocycles. The van der Waals surface area contributed by atoms with Crippen LogP contribution in [-0.4, -0.2) is 56.0 Å². The maximum atomic E-state index is 4.68. The monoisotopic (exact) mass is 386 g/mol. The predicted octanol–water partition coefficient (Wildman–Crippen LogP) is 2.52. The second-order valence-electron chi connectivity index (χ2n) is 7.26.